The summed E-state index contributed by atoms with van der Waals surface area (Å²) in [6.45, 7) is 4.50. The Kier molecular flexibility index (Phi) is 6.49. The van der Waals surface area contributed by atoms with Crippen molar-refractivity contribution in [2.24, 2.45) is 4.99 Å². The average molecular weight is 309 g/mol. The van der Waals surface area contributed by atoms with E-state index in [1.54, 1.807) is 26.0 Å². The smallest absolute Gasteiger partial charge is 0.241 e. The van der Waals surface area contributed by atoms with Gasteiger partial charge >= 0.3 is 0 Å². The van der Waals surface area contributed by atoms with Crippen molar-refractivity contribution in [3.63, 3.8) is 0 Å². The van der Waals surface area contributed by atoms with E-state index in [-0.39, 0.29) is 5.91 Å². The molecule has 2 rings (SSSR count). The quantitative estimate of drug-likeness (QED) is 0.613. The maximum Gasteiger partial charge on any atom is 0.241 e. The summed E-state index contributed by atoms with van der Waals surface area (Å²) in [6, 6.07) is 0.793. The van der Waals surface area contributed by atoms with Crippen LogP contribution in [0.4, 0.5) is 0 Å². The predicted octanol–water partition coefficient (Wildman–Crippen LogP) is 0.600. The van der Waals surface area contributed by atoms with E-state index in [1.807, 2.05) is 0 Å². The van der Waals surface area contributed by atoms with Crippen molar-refractivity contribution < 1.29 is 4.79 Å². The predicted molar refractivity (Wildman–Crippen MR) is 90.1 cm³/mol. The maximum atomic E-state index is 11.7. The Labute approximate surface area is 134 Å². The Morgan fingerprint density at radius 1 is 1.14 bits per heavy atom. The van der Waals surface area contributed by atoms with E-state index in [2.05, 4.69) is 20.1 Å². The van der Waals surface area contributed by atoms with E-state index in [0.717, 1.165) is 38.2 Å². The van der Waals surface area contributed by atoms with Gasteiger partial charge in [-0.1, -0.05) is 19.3 Å². The maximum absolute atomic E-state index is 11.7. The molecular weight excluding hydrogens is 278 g/mol. The summed E-state index contributed by atoms with van der Waals surface area (Å²) in [7, 11) is 5.33. The van der Waals surface area contributed by atoms with Gasteiger partial charge in [0.2, 0.25) is 5.91 Å². The molecule has 0 spiro atoms. The van der Waals surface area contributed by atoms with Gasteiger partial charge in [0.1, 0.15) is 0 Å². The number of carbonyl (C=O) groups is 1. The van der Waals surface area contributed by atoms with Crippen LogP contribution in [0.15, 0.2) is 4.99 Å². The van der Waals surface area contributed by atoms with E-state index in [4.69, 9.17) is 0 Å². The second kappa shape index (κ2) is 8.36. The largest absolute Gasteiger partial charge is 0.347 e. The number of rotatable bonds is 3. The molecule has 2 aliphatic rings. The number of carbonyl (C=O) groups excluding carboxylic acids is 1. The fourth-order valence-corrected chi connectivity index (χ4v) is 3.39. The number of hydrogen-bond acceptors (Lipinski definition) is 3. The molecule has 0 aromatic carbocycles. The van der Waals surface area contributed by atoms with Gasteiger partial charge in [0.25, 0.3) is 0 Å². The van der Waals surface area contributed by atoms with Crippen molar-refractivity contribution in [2.75, 3.05) is 53.9 Å². The van der Waals surface area contributed by atoms with Gasteiger partial charge in [0.05, 0.1) is 6.54 Å². The summed E-state index contributed by atoms with van der Waals surface area (Å²) < 4.78 is 0. The molecule has 1 aliphatic heterocycles. The molecule has 0 unspecified atom stereocenters. The van der Waals surface area contributed by atoms with Crippen LogP contribution in [-0.4, -0.2) is 86.5 Å². The number of likely N-dealkylation sites (N-methyl/N-ethyl adjacent to an activating group) is 1. The lowest BCUT2D eigenvalue weighted by molar-refractivity contribution is -0.127. The van der Waals surface area contributed by atoms with Crippen LogP contribution in [-0.2, 0) is 4.79 Å². The van der Waals surface area contributed by atoms with Crippen molar-refractivity contribution in [3.05, 3.63) is 0 Å². The zero-order valence-corrected chi connectivity index (χ0v) is 14.3. The SMILES string of the molecule is CN=C(NCC(=O)N(C)C)N1CCN(C2CCCCC2)CC1. The van der Waals surface area contributed by atoms with Crippen molar-refractivity contribution >= 4 is 11.9 Å². The standard InChI is InChI=1S/C16H31N5O/c1-17-16(18-13-15(22)19(2)3)21-11-9-20(10-12-21)14-7-5-4-6-8-14/h14H,4-13H2,1-3H3,(H,17,18). The van der Waals surface area contributed by atoms with Crippen LogP contribution in [0.25, 0.3) is 0 Å². The van der Waals surface area contributed by atoms with Crippen LogP contribution < -0.4 is 5.32 Å². The van der Waals surface area contributed by atoms with Crippen LogP contribution in [0.5, 0.6) is 0 Å². The minimum Gasteiger partial charge on any atom is -0.347 e. The summed E-state index contributed by atoms with van der Waals surface area (Å²) in [5.74, 6) is 0.917. The van der Waals surface area contributed by atoms with E-state index in [9.17, 15) is 4.79 Å². The highest BCUT2D eigenvalue weighted by Crippen LogP contribution is 2.23. The highest BCUT2D eigenvalue weighted by atomic mass is 16.2. The molecule has 126 valence electrons. The second-order valence-electron chi connectivity index (χ2n) is 6.50. The third kappa shape index (κ3) is 4.60. The molecule has 0 aromatic heterocycles. The first-order valence-corrected chi connectivity index (χ1v) is 8.51. The zero-order chi connectivity index (χ0) is 15.9. The Morgan fingerprint density at radius 2 is 1.77 bits per heavy atom. The van der Waals surface area contributed by atoms with E-state index in [0.29, 0.717) is 6.54 Å². The number of nitrogens with one attached hydrogen (secondary N) is 1. The van der Waals surface area contributed by atoms with Crippen molar-refractivity contribution in [1.29, 1.82) is 0 Å². The number of aliphatic imine (C=N–C) groups is 1. The summed E-state index contributed by atoms with van der Waals surface area (Å²) in [6.07, 6.45) is 6.92. The minimum absolute atomic E-state index is 0.0713. The topological polar surface area (TPSA) is 51.2 Å². The highest BCUT2D eigenvalue weighted by molar-refractivity contribution is 5.86. The van der Waals surface area contributed by atoms with Crippen molar-refractivity contribution in [1.82, 2.24) is 20.0 Å². The lowest BCUT2D eigenvalue weighted by Gasteiger charge is -2.41. The van der Waals surface area contributed by atoms with E-state index < -0.39 is 0 Å². The third-order valence-corrected chi connectivity index (χ3v) is 4.81. The van der Waals surface area contributed by atoms with Crippen LogP contribution in [0.3, 0.4) is 0 Å². The molecule has 2 fully saturated rings. The number of piperazine rings is 1. The van der Waals surface area contributed by atoms with Crippen LogP contribution in [0.2, 0.25) is 0 Å². The molecule has 1 amide bonds. The molecule has 22 heavy (non-hydrogen) atoms. The monoisotopic (exact) mass is 309 g/mol. The summed E-state index contributed by atoms with van der Waals surface area (Å²) in [4.78, 5) is 22.5. The molecule has 1 N–H and O–H groups in total. The van der Waals surface area contributed by atoms with Crippen LogP contribution in [0, 0.1) is 0 Å². The molecule has 1 heterocycles. The fraction of sp³-hybridized carbons (Fsp3) is 0.875. The summed E-state index contributed by atoms with van der Waals surface area (Å²) in [5.41, 5.74) is 0. The lowest BCUT2D eigenvalue weighted by Crippen LogP contribution is -2.55. The lowest BCUT2D eigenvalue weighted by atomic mass is 9.94. The van der Waals surface area contributed by atoms with Gasteiger partial charge in [0, 0.05) is 53.4 Å². The van der Waals surface area contributed by atoms with Gasteiger partial charge in [0.15, 0.2) is 5.96 Å². The zero-order valence-electron chi connectivity index (χ0n) is 14.3. The molecule has 1 saturated heterocycles. The van der Waals surface area contributed by atoms with E-state index in [1.165, 1.54) is 32.1 Å². The molecule has 1 aliphatic carbocycles. The summed E-state index contributed by atoms with van der Waals surface area (Å²) >= 11 is 0. The first-order valence-electron chi connectivity index (χ1n) is 8.51. The van der Waals surface area contributed by atoms with Crippen LogP contribution in [0.1, 0.15) is 32.1 Å². The first-order chi connectivity index (χ1) is 10.6. The molecule has 1 saturated carbocycles. The van der Waals surface area contributed by atoms with Gasteiger partial charge in [-0.2, -0.15) is 0 Å². The van der Waals surface area contributed by atoms with Crippen LogP contribution >= 0.6 is 0 Å². The van der Waals surface area contributed by atoms with Gasteiger partial charge in [-0.25, -0.2) is 0 Å². The third-order valence-electron chi connectivity index (χ3n) is 4.81. The van der Waals surface area contributed by atoms with Gasteiger partial charge in [-0.15, -0.1) is 0 Å². The minimum atomic E-state index is 0.0713. The number of amides is 1. The fourth-order valence-electron chi connectivity index (χ4n) is 3.39. The molecule has 0 bridgehead atoms. The summed E-state index contributed by atoms with van der Waals surface area (Å²) in [5, 5.41) is 3.18. The second-order valence-corrected chi connectivity index (χ2v) is 6.50. The first kappa shape index (κ1) is 17.1. The molecule has 6 nitrogen and oxygen atoms in total. The molecule has 0 aromatic rings. The molecule has 0 atom stereocenters. The Hall–Kier alpha value is -1.30. The average Bonchev–Trinajstić information content (AvgIpc) is 2.56. The molecule has 6 heteroatoms. The molecule has 0 radical (unpaired) electrons. The Bertz CT molecular complexity index is 382. The van der Waals surface area contributed by atoms with Gasteiger partial charge in [-0.05, 0) is 12.8 Å². The van der Waals surface area contributed by atoms with Gasteiger partial charge < -0.3 is 15.1 Å². The highest BCUT2D eigenvalue weighted by Gasteiger charge is 2.26. The Balaban J connectivity index is 1.77. The van der Waals surface area contributed by atoms with Crippen molar-refractivity contribution in [2.45, 2.75) is 38.1 Å². The Morgan fingerprint density at radius 3 is 2.32 bits per heavy atom. The van der Waals surface area contributed by atoms with Gasteiger partial charge in [-0.3, -0.25) is 14.7 Å². The van der Waals surface area contributed by atoms with Crippen molar-refractivity contribution in [3.8, 4) is 0 Å². The number of hydrogen-bond donors (Lipinski definition) is 1. The number of nitrogens with zero attached hydrogens (tertiary/aromatic N) is 4. The molecular formula is C16H31N5O. The number of guanidine groups is 1. The normalized spacial score (nSPS) is 21.8. The van der Waals surface area contributed by atoms with E-state index >= 15 is 0 Å².